The normalized spacial score (nSPS) is 10.5. The fraction of sp³-hybridized carbons (Fsp3) is 0.526. The molecular weight excluding hydrogens is 308 g/mol. The Balaban J connectivity index is 0. The first-order chi connectivity index (χ1) is 11.2. The number of hydrogen-bond donors (Lipinski definition) is 0. The molecule has 0 spiro atoms. The number of ketones is 1. The Morgan fingerprint density at radius 2 is 1.67 bits per heavy atom. The topological polar surface area (TPSA) is 69.7 Å². The molecule has 0 aromatic rings. The van der Waals surface area contributed by atoms with Crippen molar-refractivity contribution in [1.82, 2.24) is 0 Å². The van der Waals surface area contributed by atoms with Gasteiger partial charge >= 0.3 is 11.9 Å². The molecule has 0 aromatic carbocycles. The van der Waals surface area contributed by atoms with E-state index in [0.717, 1.165) is 24.5 Å². The predicted octanol–water partition coefficient (Wildman–Crippen LogP) is 4.49. The van der Waals surface area contributed by atoms with Crippen LogP contribution < -0.4 is 0 Å². The summed E-state index contributed by atoms with van der Waals surface area (Å²) in [6.45, 7) is 17.6. The van der Waals surface area contributed by atoms with E-state index in [-0.39, 0.29) is 11.4 Å². The summed E-state index contributed by atoms with van der Waals surface area (Å²) in [5.41, 5.74) is 0.949. The fourth-order valence-corrected chi connectivity index (χ4v) is 1.62. The molecule has 0 aliphatic carbocycles. The number of carbonyl (C=O) groups is 3. The van der Waals surface area contributed by atoms with Crippen LogP contribution in [0.1, 0.15) is 59.8 Å². The number of hydrogen-bond acceptors (Lipinski definition) is 5. The summed E-state index contributed by atoms with van der Waals surface area (Å²) in [5.74, 6) is -0.786. The second-order valence-electron chi connectivity index (χ2n) is 5.54. The molecule has 0 bridgehead atoms. The molecule has 0 aliphatic heterocycles. The molecule has 0 rings (SSSR count). The third-order valence-electron chi connectivity index (χ3n) is 3.29. The predicted molar refractivity (Wildman–Crippen MR) is 94.9 cm³/mol. The molecule has 1 atom stereocenters. The van der Waals surface area contributed by atoms with E-state index in [1.54, 1.807) is 6.92 Å². The maximum Gasteiger partial charge on any atom is 0.381 e. The monoisotopic (exact) mass is 338 g/mol. The summed E-state index contributed by atoms with van der Waals surface area (Å²) in [4.78, 5) is 39.7. The van der Waals surface area contributed by atoms with Gasteiger partial charge in [-0.05, 0) is 31.8 Å². The molecule has 0 fully saturated rings. The second-order valence-corrected chi connectivity index (χ2v) is 5.54. The molecule has 1 unspecified atom stereocenters. The van der Waals surface area contributed by atoms with Gasteiger partial charge in [-0.15, -0.1) is 0 Å². The minimum atomic E-state index is -0.820. The van der Waals surface area contributed by atoms with Gasteiger partial charge in [0, 0.05) is 11.6 Å². The first-order valence-electron chi connectivity index (χ1n) is 8.08. The minimum Gasteiger partial charge on any atom is -0.295 e. The van der Waals surface area contributed by atoms with Crippen LogP contribution in [-0.2, 0) is 24.2 Å². The number of allylic oxidation sites excluding steroid dienone is 1. The highest BCUT2D eigenvalue weighted by Gasteiger charge is 2.10. The third kappa shape index (κ3) is 13.5. The van der Waals surface area contributed by atoms with Crippen LogP contribution in [0.5, 0.6) is 0 Å². The maximum absolute atomic E-state index is 11.0. The van der Waals surface area contributed by atoms with Crippen LogP contribution in [0.3, 0.4) is 0 Å². The smallest absolute Gasteiger partial charge is 0.295 e. The lowest BCUT2D eigenvalue weighted by molar-refractivity contribution is -0.251. The van der Waals surface area contributed by atoms with Crippen LogP contribution >= 0.6 is 0 Å². The van der Waals surface area contributed by atoms with Gasteiger partial charge in [-0.1, -0.05) is 59.3 Å². The van der Waals surface area contributed by atoms with Crippen molar-refractivity contribution in [2.24, 2.45) is 5.92 Å². The van der Waals surface area contributed by atoms with Crippen molar-refractivity contribution in [1.29, 1.82) is 0 Å². The quantitative estimate of drug-likeness (QED) is 0.352. The second kappa shape index (κ2) is 14.4. The largest absolute Gasteiger partial charge is 0.381 e. The number of unbranched alkanes of at least 4 members (excludes halogenated alkanes) is 1. The Morgan fingerprint density at radius 3 is 2.04 bits per heavy atom. The lowest BCUT2D eigenvalue weighted by atomic mass is 9.91. The highest BCUT2D eigenvalue weighted by Crippen LogP contribution is 2.20. The Bertz CT molecular complexity index is 462. The average Bonchev–Trinajstić information content (AvgIpc) is 2.55. The van der Waals surface area contributed by atoms with Crippen molar-refractivity contribution in [3.63, 3.8) is 0 Å². The number of rotatable bonds is 9. The molecule has 0 aromatic heterocycles. The summed E-state index contributed by atoms with van der Waals surface area (Å²) in [6, 6.07) is 0. The minimum absolute atomic E-state index is 0.148. The van der Waals surface area contributed by atoms with Gasteiger partial charge in [0.25, 0.3) is 0 Å². The van der Waals surface area contributed by atoms with Crippen molar-refractivity contribution in [3.05, 3.63) is 37.0 Å². The van der Waals surface area contributed by atoms with Crippen LogP contribution in [0.4, 0.5) is 0 Å². The van der Waals surface area contributed by atoms with E-state index in [9.17, 15) is 14.4 Å². The van der Waals surface area contributed by atoms with Crippen molar-refractivity contribution >= 4 is 17.7 Å². The van der Waals surface area contributed by atoms with Gasteiger partial charge in [-0.2, -0.15) is 0 Å². The summed E-state index contributed by atoms with van der Waals surface area (Å²) >= 11 is 0. The van der Waals surface area contributed by atoms with E-state index in [4.69, 9.17) is 0 Å². The molecule has 24 heavy (non-hydrogen) atoms. The van der Waals surface area contributed by atoms with Crippen molar-refractivity contribution in [3.8, 4) is 0 Å². The number of Topliss-reactive ketones (excluding diaryl/α,β-unsaturated/α-hetero) is 1. The summed E-state index contributed by atoms with van der Waals surface area (Å²) < 4.78 is 0. The molecule has 0 amide bonds. The van der Waals surface area contributed by atoms with Crippen LogP contribution in [0.15, 0.2) is 37.0 Å². The maximum atomic E-state index is 11.0. The molecule has 0 saturated carbocycles. The van der Waals surface area contributed by atoms with Crippen LogP contribution in [0.25, 0.3) is 0 Å². The molecule has 0 heterocycles. The zero-order valence-corrected chi connectivity index (χ0v) is 15.4. The van der Waals surface area contributed by atoms with Crippen LogP contribution in [-0.4, -0.2) is 17.7 Å². The Morgan fingerprint density at radius 1 is 1.08 bits per heavy atom. The molecule has 0 radical (unpaired) electrons. The van der Waals surface area contributed by atoms with E-state index in [0.29, 0.717) is 5.92 Å². The third-order valence-corrected chi connectivity index (χ3v) is 3.29. The Kier molecular flexibility index (Phi) is 14.5. The van der Waals surface area contributed by atoms with E-state index in [1.165, 1.54) is 26.2 Å². The zero-order chi connectivity index (χ0) is 19.1. The van der Waals surface area contributed by atoms with Gasteiger partial charge in [0.05, 0.1) is 0 Å². The van der Waals surface area contributed by atoms with Crippen molar-refractivity contribution < 1.29 is 24.2 Å². The van der Waals surface area contributed by atoms with E-state index >= 15 is 0 Å². The molecule has 0 aliphatic rings. The standard InChI is InChI=1S/C12H22O.C7H8O4/c1-5-7-8-12(6-2)9-10(3)11(4)13;1-4-6(8)10-11-7(9)5(2)3/h12H,3,5-9H2,1-2,4H3;4H,1-2H2,3H3. The SMILES string of the molecule is C=C(CC(CC)CCCC)C(C)=O.C=CC(=O)OOC(=O)C(=C)C. The summed E-state index contributed by atoms with van der Waals surface area (Å²) in [6.07, 6.45) is 6.68. The van der Waals surface area contributed by atoms with E-state index < -0.39 is 11.9 Å². The van der Waals surface area contributed by atoms with Gasteiger partial charge in [0.15, 0.2) is 5.78 Å². The molecule has 5 nitrogen and oxygen atoms in total. The lowest BCUT2D eigenvalue weighted by Gasteiger charge is -2.14. The average molecular weight is 338 g/mol. The summed E-state index contributed by atoms with van der Waals surface area (Å²) in [5, 5.41) is 0. The molecule has 136 valence electrons. The highest BCUT2D eigenvalue weighted by atomic mass is 17.2. The first-order valence-corrected chi connectivity index (χ1v) is 8.08. The lowest BCUT2D eigenvalue weighted by Crippen LogP contribution is -2.09. The zero-order valence-electron chi connectivity index (χ0n) is 15.4. The van der Waals surface area contributed by atoms with E-state index in [1.807, 2.05) is 0 Å². The van der Waals surface area contributed by atoms with Crippen molar-refractivity contribution in [2.75, 3.05) is 0 Å². The van der Waals surface area contributed by atoms with Gasteiger partial charge < -0.3 is 0 Å². The Hall–Kier alpha value is -2.17. The van der Waals surface area contributed by atoms with Gasteiger partial charge in [-0.3, -0.25) is 4.79 Å². The van der Waals surface area contributed by atoms with Gasteiger partial charge in [0.1, 0.15) is 0 Å². The molecule has 0 N–H and O–H groups in total. The molecular formula is C19H30O5. The number of carbonyl (C=O) groups excluding carboxylic acids is 3. The molecule has 5 heteroatoms. The Labute approximate surface area is 145 Å². The fourth-order valence-electron chi connectivity index (χ4n) is 1.62. The van der Waals surface area contributed by atoms with Crippen LogP contribution in [0.2, 0.25) is 0 Å². The molecule has 0 saturated heterocycles. The van der Waals surface area contributed by atoms with Gasteiger partial charge in [0.2, 0.25) is 0 Å². The summed E-state index contributed by atoms with van der Waals surface area (Å²) in [7, 11) is 0. The van der Waals surface area contributed by atoms with E-state index in [2.05, 4.69) is 43.4 Å². The van der Waals surface area contributed by atoms with Gasteiger partial charge in [-0.25, -0.2) is 19.4 Å². The van der Waals surface area contributed by atoms with Crippen LogP contribution in [0, 0.1) is 5.92 Å². The highest BCUT2D eigenvalue weighted by molar-refractivity contribution is 5.92. The van der Waals surface area contributed by atoms with Crippen molar-refractivity contribution in [2.45, 2.75) is 59.8 Å². The first kappa shape index (κ1) is 24.1.